The molecule has 1 aromatic heterocycles. The van der Waals surface area contributed by atoms with E-state index in [1.807, 2.05) is 13.8 Å². The molecule has 0 aliphatic heterocycles. The topological polar surface area (TPSA) is 80.9 Å². The molecule has 5 heteroatoms. The SMILES string of the molecule is CCCCCNC(C(=O)c1ccnc(CN)n1)C(C)C. The zero-order valence-corrected chi connectivity index (χ0v) is 12.7. The number of nitrogens with one attached hydrogen (secondary N) is 1. The molecule has 3 N–H and O–H groups in total. The maximum absolute atomic E-state index is 12.5. The van der Waals surface area contributed by atoms with Crippen LogP contribution in [0.25, 0.3) is 0 Å². The van der Waals surface area contributed by atoms with Gasteiger partial charge < -0.3 is 11.1 Å². The van der Waals surface area contributed by atoms with Gasteiger partial charge in [0.05, 0.1) is 12.6 Å². The van der Waals surface area contributed by atoms with E-state index in [9.17, 15) is 4.79 Å². The number of nitrogens with two attached hydrogens (primary N) is 1. The van der Waals surface area contributed by atoms with E-state index in [0.29, 0.717) is 11.5 Å². The molecule has 0 saturated heterocycles. The van der Waals surface area contributed by atoms with Crippen LogP contribution >= 0.6 is 0 Å². The summed E-state index contributed by atoms with van der Waals surface area (Å²) in [6.07, 6.45) is 5.03. The van der Waals surface area contributed by atoms with Crippen LogP contribution in [0.5, 0.6) is 0 Å². The fraction of sp³-hybridized carbons (Fsp3) is 0.667. The highest BCUT2D eigenvalue weighted by Crippen LogP contribution is 2.09. The lowest BCUT2D eigenvalue weighted by molar-refractivity contribution is 0.0911. The van der Waals surface area contributed by atoms with Gasteiger partial charge in [-0.15, -0.1) is 0 Å². The molecule has 0 fully saturated rings. The van der Waals surface area contributed by atoms with E-state index in [-0.39, 0.29) is 24.3 Å². The van der Waals surface area contributed by atoms with Gasteiger partial charge in [-0.1, -0.05) is 33.6 Å². The summed E-state index contributed by atoms with van der Waals surface area (Å²) < 4.78 is 0. The second-order valence-corrected chi connectivity index (χ2v) is 5.31. The Bertz CT molecular complexity index is 420. The van der Waals surface area contributed by atoms with Gasteiger partial charge in [0.25, 0.3) is 0 Å². The van der Waals surface area contributed by atoms with Gasteiger partial charge in [0.2, 0.25) is 0 Å². The normalized spacial score (nSPS) is 12.7. The minimum absolute atomic E-state index is 0.0219. The fourth-order valence-electron chi connectivity index (χ4n) is 2.06. The minimum Gasteiger partial charge on any atom is -0.324 e. The first kappa shape index (κ1) is 16.7. The van der Waals surface area contributed by atoms with E-state index in [1.54, 1.807) is 12.3 Å². The molecule has 0 radical (unpaired) electrons. The first-order valence-electron chi connectivity index (χ1n) is 7.39. The van der Waals surface area contributed by atoms with E-state index >= 15 is 0 Å². The summed E-state index contributed by atoms with van der Waals surface area (Å²) in [5.41, 5.74) is 5.96. The summed E-state index contributed by atoms with van der Waals surface area (Å²) in [6, 6.07) is 1.46. The van der Waals surface area contributed by atoms with Crippen LogP contribution in [-0.4, -0.2) is 28.3 Å². The molecule has 1 rings (SSSR count). The van der Waals surface area contributed by atoms with Crippen molar-refractivity contribution in [2.45, 2.75) is 52.6 Å². The lowest BCUT2D eigenvalue weighted by Gasteiger charge is -2.21. The summed E-state index contributed by atoms with van der Waals surface area (Å²) in [7, 11) is 0. The van der Waals surface area contributed by atoms with Crippen LogP contribution in [-0.2, 0) is 6.54 Å². The standard InChI is InChI=1S/C15H26N4O/c1-4-5-6-8-18-14(11(2)3)15(20)12-7-9-17-13(10-16)19-12/h7,9,11,14,18H,4-6,8,10,16H2,1-3H3. The molecule has 5 nitrogen and oxygen atoms in total. The first-order valence-corrected chi connectivity index (χ1v) is 7.39. The quantitative estimate of drug-likeness (QED) is 0.533. The van der Waals surface area contributed by atoms with Crippen molar-refractivity contribution in [3.63, 3.8) is 0 Å². The molecular weight excluding hydrogens is 252 g/mol. The highest BCUT2D eigenvalue weighted by molar-refractivity contribution is 5.98. The van der Waals surface area contributed by atoms with Crippen LogP contribution in [0.1, 0.15) is 56.3 Å². The molecule has 1 heterocycles. The Balaban J connectivity index is 2.72. The van der Waals surface area contributed by atoms with Gasteiger partial charge >= 0.3 is 0 Å². The van der Waals surface area contributed by atoms with Crippen LogP contribution < -0.4 is 11.1 Å². The molecule has 0 aromatic carbocycles. The molecule has 112 valence electrons. The third-order valence-electron chi connectivity index (χ3n) is 3.23. The van der Waals surface area contributed by atoms with Crippen molar-refractivity contribution in [2.75, 3.05) is 6.54 Å². The molecule has 0 aliphatic rings. The molecule has 0 spiro atoms. The number of Topliss-reactive ketones (excluding diaryl/α,β-unsaturated/α-hetero) is 1. The van der Waals surface area contributed by atoms with Crippen molar-refractivity contribution in [1.82, 2.24) is 15.3 Å². The van der Waals surface area contributed by atoms with Crippen molar-refractivity contribution in [3.05, 3.63) is 23.8 Å². The van der Waals surface area contributed by atoms with Crippen LogP contribution in [0, 0.1) is 5.92 Å². The number of rotatable bonds is 9. The molecule has 0 aliphatic carbocycles. The Labute approximate surface area is 121 Å². The van der Waals surface area contributed by atoms with Crippen LogP contribution in [0.3, 0.4) is 0 Å². The maximum atomic E-state index is 12.5. The molecule has 1 atom stereocenters. The number of nitrogens with zero attached hydrogens (tertiary/aromatic N) is 2. The van der Waals surface area contributed by atoms with E-state index in [2.05, 4.69) is 22.2 Å². The Morgan fingerprint density at radius 3 is 2.75 bits per heavy atom. The summed E-state index contributed by atoms with van der Waals surface area (Å²) >= 11 is 0. The number of hydrogen-bond donors (Lipinski definition) is 2. The molecule has 0 bridgehead atoms. The van der Waals surface area contributed by atoms with E-state index < -0.39 is 0 Å². The zero-order chi connectivity index (χ0) is 15.0. The smallest absolute Gasteiger partial charge is 0.198 e. The number of carbonyl (C=O) groups excluding carboxylic acids is 1. The molecule has 20 heavy (non-hydrogen) atoms. The summed E-state index contributed by atoms with van der Waals surface area (Å²) in [4.78, 5) is 20.8. The fourth-order valence-corrected chi connectivity index (χ4v) is 2.06. The Morgan fingerprint density at radius 2 is 2.15 bits per heavy atom. The molecule has 1 unspecified atom stereocenters. The third kappa shape index (κ3) is 4.98. The zero-order valence-electron chi connectivity index (χ0n) is 12.7. The summed E-state index contributed by atoms with van der Waals surface area (Å²) in [5, 5.41) is 3.35. The Kier molecular flexibility index (Phi) is 7.33. The number of carbonyl (C=O) groups is 1. The second-order valence-electron chi connectivity index (χ2n) is 5.31. The highest BCUT2D eigenvalue weighted by Gasteiger charge is 2.23. The number of hydrogen-bond acceptors (Lipinski definition) is 5. The second kappa shape index (κ2) is 8.76. The van der Waals surface area contributed by atoms with Crippen LogP contribution in [0.4, 0.5) is 0 Å². The summed E-state index contributed by atoms with van der Waals surface area (Å²) in [5.74, 6) is 0.748. The van der Waals surface area contributed by atoms with Gasteiger partial charge in [-0.2, -0.15) is 0 Å². The van der Waals surface area contributed by atoms with Crippen molar-refractivity contribution >= 4 is 5.78 Å². The molecule has 0 amide bonds. The number of unbranched alkanes of at least 4 members (excludes halogenated alkanes) is 2. The first-order chi connectivity index (χ1) is 9.60. The Morgan fingerprint density at radius 1 is 1.40 bits per heavy atom. The van der Waals surface area contributed by atoms with Crippen molar-refractivity contribution < 1.29 is 4.79 Å². The highest BCUT2D eigenvalue weighted by atomic mass is 16.1. The lowest BCUT2D eigenvalue weighted by Crippen LogP contribution is -2.42. The Hall–Kier alpha value is -1.33. The van der Waals surface area contributed by atoms with Gasteiger partial charge in [-0.3, -0.25) is 4.79 Å². The van der Waals surface area contributed by atoms with Crippen LogP contribution in [0.15, 0.2) is 12.3 Å². The predicted octanol–water partition coefficient (Wildman–Crippen LogP) is 1.92. The van der Waals surface area contributed by atoms with Gasteiger partial charge in [0.15, 0.2) is 5.78 Å². The lowest BCUT2D eigenvalue weighted by atomic mass is 9.97. The van der Waals surface area contributed by atoms with E-state index in [0.717, 1.165) is 13.0 Å². The molecular formula is C15H26N4O. The van der Waals surface area contributed by atoms with Gasteiger partial charge in [-0.05, 0) is 24.9 Å². The third-order valence-corrected chi connectivity index (χ3v) is 3.23. The van der Waals surface area contributed by atoms with Crippen LogP contribution in [0.2, 0.25) is 0 Å². The van der Waals surface area contributed by atoms with E-state index in [4.69, 9.17) is 5.73 Å². The maximum Gasteiger partial charge on any atom is 0.198 e. The number of ketones is 1. The predicted molar refractivity (Wildman–Crippen MR) is 80.4 cm³/mol. The number of aromatic nitrogens is 2. The van der Waals surface area contributed by atoms with Crippen molar-refractivity contribution in [3.8, 4) is 0 Å². The minimum atomic E-state index is -0.201. The molecule has 1 aromatic rings. The van der Waals surface area contributed by atoms with Crippen molar-refractivity contribution in [1.29, 1.82) is 0 Å². The monoisotopic (exact) mass is 278 g/mol. The van der Waals surface area contributed by atoms with Crippen molar-refractivity contribution in [2.24, 2.45) is 11.7 Å². The molecule has 0 saturated carbocycles. The van der Waals surface area contributed by atoms with E-state index in [1.165, 1.54) is 12.8 Å². The van der Waals surface area contributed by atoms with Gasteiger partial charge in [0.1, 0.15) is 11.5 Å². The van der Waals surface area contributed by atoms with Gasteiger partial charge in [0, 0.05) is 6.20 Å². The largest absolute Gasteiger partial charge is 0.324 e. The average Bonchev–Trinajstić information content (AvgIpc) is 2.46. The summed E-state index contributed by atoms with van der Waals surface area (Å²) in [6.45, 7) is 7.36. The van der Waals surface area contributed by atoms with Gasteiger partial charge in [-0.25, -0.2) is 9.97 Å². The average molecular weight is 278 g/mol.